The number of nitrogens with zero attached hydrogens (tertiary/aromatic N) is 3. The molecule has 0 spiro atoms. The first-order chi connectivity index (χ1) is 14.1. The second-order valence-corrected chi connectivity index (χ2v) is 9.40. The van der Waals surface area contributed by atoms with Crippen LogP contribution in [0.15, 0.2) is 36.4 Å². The summed E-state index contributed by atoms with van der Waals surface area (Å²) in [5.41, 5.74) is 10.6. The van der Waals surface area contributed by atoms with Gasteiger partial charge in [0, 0.05) is 11.1 Å². The summed E-state index contributed by atoms with van der Waals surface area (Å²) in [6.07, 6.45) is 2.97. The molecule has 1 amide bonds. The van der Waals surface area contributed by atoms with E-state index in [0.29, 0.717) is 21.6 Å². The minimum Gasteiger partial charge on any atom is -0.397 e. The molecule has 0 unspecified atom stereocenters. The number of fused-ring (bicyclic) bond motifs is 2. The number of hydrogen-bond acceptors (Lipinski definition) is 7. The van der Waals surface area contributed by atoms with Gasteiger partial charge in [0.05, 0.1) is 5.69 Å². The number of aromatic nitrogens is 3. The molecule has 1 aliphatic carbocycles. The number of anilines is 2. The fraction of sp³-hybridized carbons (Fsp3) is 0.238. The van der Waals surface area contributed by atoms with Crippen LogP contribution < -0.4 is 11.1 Å². The molecule has 3 aromatic heterocycles. The van der Waals surface area contributed by atoms with Crippen LogP contribution >= 0.6 is 22.7 Å². The second-order valence-electron chi connectivity index (χ2n) is 7.22. The van der Waals surface area contributed by atoms with Crippen molar-refractivity contribution in [3.63, 3.8) is 0 Å². The Morgan fingerprint density at radius 3 is 2.79 bits per heavy atom. The standard InChI is InChI=1S/C21H19N5OS2/c1-11-25-26-21(28-11)24-19(27)18-17(22)15-10-14-9-13(12-5-3-2-4-6-12)7-8-16(14)23-20(15)29-18/h2-6,10,13H,7-9,22H2,1H3,(H,24,26,27)/t13-/m1/s1. The largest absolute Gasteiger partial charge is 0.397 e. The first-order valence-corrected chi connectivity index (χ1v) is 11.1. The zero-order valence-electron chi connectivity index (χ0n) is 15.8. The van der Waals surface area contributed by atoms with Crippen LogP contribution in [0.2, 0.25) is 0 Å². The van der Waals surface area contributed by atoms with Crippen molar-refractivity contribution in [3.8, 4) is 0 Å². The fourth-order valence-corrected chi connectivity index (χ4v) is 5.45. The van der Waals surface area contributed by atoms with Crippen molar-refractivity contribution >= 4 is 49.6 Å². The Bertz CT molecular complexity index is 1210. The number of carbonyl (C=O) groups excluding carboxylic acids is 1. The molecule has 0 radical (unpaired) electrons. The molecule has 0 fully saturated rings. The topological polar surface area (TPSA) is 93.8 Å². The average molecular weight is 422 g/mol. The number of benzene rings is 1. The molecule has 0 saturated carbocycles. The first kappa shape index (κ1) is 18.2. The Labute approximate surface area is 175 Å². The number of hydrogen-bond donors (Lipinski definition) is 2. The number of carbonyl (C=O) groups is 1. The molecule has 4 aromatic rings. The number of thiophene rings is 1. The molecular formula is C21H19N5OS2. The van der Waals surface area contributed by atoms with Gasteiger partial charge in [0.2, 0.25) is 5.13 Å². The summed E-state index contributed by atoms with van der Waals surface area (Å²) in [5, 5.41) is 12.8. The van der Waals surface area contributed by atoms with Crippen LogP contribution in [0.25, 0.3) is 10.2 Å². The highest BCUT2D eigenvalue weighted by molar-refractivity contribution is 7.21. The van der Waals surface area contributed by atoms with Crippen LogP contribution in [0.1, 0.15) is 43.8 Å². The van der Waals surface area contributed by atoms with Crippen molar-refractivity contribution in [3.05, 3.63) is 63.1 Å². The van der Waals surface area contributed by atoms with Crippen molar-refractivity contribution in [1.82, 2.24) is 15.2 Å². The number of nitrogens with one attached hydrogen (secondary N) is 1. The third-order valence-electron chi connectivity index (χ3n) is 5.31. The maximum absolute atomic E-state index is 12.7. The predicted molar refractivity (Wildman–Crippen MR) is 118 cm³/mol. The van der Waals surface area contributed by atoms with Crippen LogP contribution in [0.3, 0.4) is 0 Å². The molecule has 0 bridgehead atoms. The van der Waals surface area contributed by atoms with Gasteiger partial charge >= 0.3 is 0 Å². The summed E-state index contributed by atoms with van der Waals surface area (Å²) >= 11 is 2.67. The summed E-state index contributed by atoms with van der Waals surface area (Å²) in [4.78, 5) is 18.8. The normalized spacial score (nSPS) is 16.0. The quantitative estimate of drug-likeness (QED) is 0.506. The molecule has 0 saturated heterocycles. The van der Waals surface area contributed by atoms with E-state index in [1.54, 1.807) is 0 Å². The monoisotopic (exact) mass is 421 g/mol. The lowest BCUT2D eigenvalue weighted by atomic mass is 9.82. The molecule has 1 atom stereocenters. The van der Waals surface area contributed by atoms with E-state index in [1.807, 2.05) is 13.0 Å². The molecular weight excluding hydrogens is 402 g/mol. The Kier molecular flexibility index (Phi) is 4.52. The van der Waals surface area contributed by atoms with E-state index in [9.17, 15) is 4.79 Å². The Morgan fingerprint density at radius 2 is 2.03 bits per heavy atom. The molecule has 1 aliphatic rings. The van der Waals surface area contributed by atoms with E-state index in [0.717, 1.165) is 40.2 Å². The van der Waals surface area contributed by atoms with Crippen molar-refractivity contribution in [2.75, 3.05) is 11.1 Å². The number of rotatable bonds is 3. The SMILES string of the molecule is Cc1nnc(NC(=O)c2sc3nc4c(cc3c2N)C[C@H](c2ccccc2)CC4)s1. The van der Waals surface area contributed by atoms with Gasteiger partial charge in [0.1, 0.15) is 14.7 Å². The molecule has 29 heavy (non-hydrogen) atoms. The third kappa shape index (κ3) is 3.38. The zero-order valence-corrected chi connectivity index (χ0v) is 17.4. The lowest BCUT2D eigenvalue weighted by molar-refractivity contribution is 0.103. The highest BCUT2D eigenvalue weighted by Gasteiger charge is 2.25. The molecule has 146 valence electrons. The van der Waals surface area contributed by atoms with Crippen LogP contribution in [0.5, 0.6) is 0 Å². The summed E-state index contributed by atoms with van der Waals surface area (Å²) in [5.74, 6) is 0.230. The van der Waals surface area contributed by atoms with Gasteiger partial charge < -0.3 is 5.73 Å². The second kappa shape index (κ2) is 7.20. The van der Waals surface area contributed by atoms with Crippen LogP contribution in [-0.2, 0) is 12.8 Å². The van der Waals surface area contributed by atoms with E-state index in [2.05, 4.69) is 45.8 Å². The molecule has 8 heteroatoms. The minimum atomic E-state index is -0.262. The molecule has 1 aromatic carbocycles. The fourth-order valence-electron chi connectivity index (χ4n) is 3.87. The van der Waals surface area contributed by atoms with Gasteiger partial charge in [-0.05, 0) is 49.3 Å². The van der Waals surface area contributed by atoms with Crippen LogP contribution in [0.4, 0.5) is 10.8 Å². The smallest absolute Gasteiger partial charge is 0.269 e. The summed E-state index contributed by atoms with van der Waals surface area (Å²) in [6, 6.07) is 12.7. The number of nitrogen functional groups attached to an aromatic ring is 1. The Balaban J connectivity index is 1.46. The van der Waals surface area contributed by atoms with E-state index < -0.39 is 0 Å². The minimum absolute atomic E-state index is 0.262. The van der Waals surface area contributed by atoms with Crippen LogP contribution in [0, 0.1) is 6.92 Å². The van der Waals surface area contributed by atoms with Gasteiger partial charge in [0.25, 0.3) is 5.91 Å². The summed E-state index contributed by atoms with van der Waals surface area (Å²) < 4.78 is 0. The van der Waals surface area contributed by atoms with E-state index in [1.165, 1.54) is 33.8 Å². The first-order valence-electron chi connectivity index (χ1n) is 9.45. The van der Waals surface area contributed by atoms with Crippen LogP contribution in [-0.4, -0.2) is 21.1 Å². The van der Waals surface area contributed by atoms with Gasteiger partial charge in [-0.1, -0.05) is 41.7 Å². The number of amides is 1. The van der Waals surface area contributed by atoms with Crippen molar-refractivity contribution in [2.45, 2.75) is 32.1 Å². The maximum atomic E-state index is 12.7. The summed E-state index contributed by atoms with van der Waals surface area (Å²) in [6.45, 7) is 1.85. The number of aryl methyl sites for hydroxylation is 2. The number of nitrogens with two attached hydrogens (primary N) is 1. The van der Waals surface area contributed by atoms with Gasteiger partial charge in [-0.15, -0.1) is 21.5 Å². The van der Waals surface area contributed by atoms with Gasteiger partial charge in [0.15, 0.2) is 0 Å². The lowest BCUT2D eigenvalue weighted by Gasteiger charge is -2.24. The number of pyridine rings is 1. The third-order valence-corrected chi connectivity index (χ3v) is 7.18. The average Bonchev–Trinajstić information content (AvgIpc) is 3.29. The van der Waals surface area contributed by atoms with E-state index in [-0.39, 0.29) is 5.91 Å². The lowest BCUT2D eigenvalue weighted by Crippen LogP contribution is -2.14. The van der Waals surface area contributed by atoms with Gasteiger partial charge in [-0.3, -0.25) is 10.1 Å². The molecule has 3 N–H and O–H groups in total. The van der Waals surface area contributed by atoms with Crippen molar-refractivity contribution in [1.29, 1.82) is 0 Å². The molecule has 6 nitrogen and oxygen atoms in total. The van der Waals surface area contributed by atoms with Gasteiger partial charge in [-0.25, -0.2) is 4.98 Å². The van der Waals surface area contributed by atoms with Gasteiger partial charge in [-0.2, -0.15) is 0 Å². The summed E-state index contributed by atoms with van der Waals surface area (Å²) in [7, 11) is 0. The molecule has 0 aliphatic heterocycles. The highest BCUT2D eigenvalue weighted by atomic mass is 32.1. The zero-order chi connectivity index (χ0) is 20.0. The Morgan fingerprint density at radius 1 is 1.21 bits per heavy atom. The van der Waals surface area contributed by atoms with E-state index >= 15 is 0 Å². The Hall–Kier alpha value is -2.84. The maximum Gasteiger partial charge on any atom is 0.269 e. The predicted octanol–water partition coefficient (Wildman–Crippen LogP) is 4.56. The van der Waals surface area contributed by atoms with Crippen molar-refractivity contribution in [2.24, 2.45) is 0 Å². The van der Waals surface area contributed by atoms with E-state index in [4.69, 9.17) is 10.7 Å². The highest BCUT2D eigenvalue weighted by Crippen LogP contribution is 2.38. The molecule has 3 heterocycles. The molecule has 5 rings (SSSR count). The van der Waals surface area contributed by atoms with Crippen molar-refractivity contribution < 1.29 is 4.79 Å².